The zero-order valence-electron chi connectivity index (χ0n) is 12.0. The highest BCUT2D eigenvalue weighted by atomic mass is 35.5. The van der Waals surface area contributed by atoms with E-state index < -0.39 is 0 Å². The van der Waals surface area contributed by atoms with Gasteiger partial charge in [-0.05, 0) is 49.3 Å². The summed E-state index contributed by atoms with van der Waals surface area (Å²) in [5.41, 5.74) is 7.29. The van der Waals surface area contributed by atoms with Crippen molar-refractivity contribution in [1.29, 1.82) is 0 Å². The number of benzene rings is 1. The van der Waals surface area contributed by atoms with E-state index in [1.807, 2.05) is 12.1 Å². The molecule has 0 radical (unpaired) electrons. The number of halogens is 1. The molecule has 0 aliphatic heterocycles. The molecule has 2 saturated carbocycles. The molecule has 0 spiro atoms. The van der Waals surface area contributed by atoms with Crippen molar-refractivity contribution in [2.45, 2.75) is 37.8 Å². The van der Waals surface area contributed by atoms with Crippen molar-refractivity contribution in [3.63, 3.8) is 0 Å². The van der Waals surface area contributed by atoms with Gasteiger partial charge in [0.05, 0.1) is 12.1 Å². The topological polar surface area (TPSA) is 38.5 Å². The van der Waals surface area contributed by atoms with Crippen LogP contribution in [0.2, 0.25) is 5.02 Å². The van der Waals surface area contributed by atoms with Crippen LogP contribution in [0.25, 0.3) is 0 Å². The molecule has 1 atom stereocenters. The summed E-state index contributed by atoms with van der Waals surface area (Å²) in [4.78, 5) is 2.61. The quantitative estimate of drug-likeness (QED) is 0.839. The summed E-state index contributed by atoms with van der Waals surface area (Å²) in [5, 5.41) is 0.672. The van der Waals surface area contributed by atoms with Crippen LogP contribution >= 0.6 is 11.6 Å². The molecule has 0 bridgehead atoms. The number of nitrogens with two attached hydrogens (primary N) is 1. The van der Waals surface area contributed by atoms with Crippen LogP contribution in [-0.4, -0.2) is 31.1 Å². The summed E-state index contributed by atoms with van der Waals surface area (Å²) in [7, 11) is 1.64. The Balaban J connectivity index is 1.81. The Morgan fingerprint density at radius 2 is 2.10 bits per heavy atom. The van der Waals surface area contributed by atoms with Crippen molar-refractivity contribution >= 4 is 11.6 Å². The Morgan fingerprint density at radius 1 is 1.35 bits per heavy atom. The van der Waals surface area contributed by atoms with Crippen LogP contribution in [0.1, 0.15) is 37.3 Å². The molecule has 0 amide bonds. The Hall–Kier alpha value is -0.770. The highest BCUT2D eigenvalue weighted by molar-refractivity contribution is 6.32. The molecular formula is C16H23ClN2O. The van der Waals surface area contributed by atoms with Crippen molar-refractivity contribution in [1.82, 2.24) is 4.90 Å². The van der Waals surface area contributed by atoms with E-state index in [0.29, 0.717) is 11.6 Å². The fourth-order valence-corrected chi connectivity index (χ4v) is 3.15. The second-order valence-electron chi connectivity index (χ2n) is 6.02. The summed E-state index contributed by atoms with van der Waals surface area (Å²) in [5.74, 6) is 1.62. The maximum Gasteiger partial charge on any atom is 0.137 e. The second-order valence-corrected chi connectivity index (χ2v) is 6.42. The van der Waals surface area contributed by atoms with E-state index in [1.165, 1.54) is 37.8 Å². The molecule has 2 fully saturated rings. The Kier molecular flexibility index (Phi) is 4.20. The molecule has 4 heteroatoms. The smallest absolute Gasteiger partial charge is 0.137 e. The normalized spacial score (nSPS) is 20.2. The molecule has 3 rings (SSSR count). The van der Waals surface area contributed by atoms with Crippen molar-refractivity contribution < 1.29 is 4.74 Å². The van der Waals surface area contributed by atoms with Gasteiger partial charge in [-0.1, -0.05) is 17.7 Å². The molecule has 3 nitrogen and oxygen atoms in total. The lowest BCUT2D eigenvalue weighted by Crippen LogP contribution is -2.37. The number of rotatable bonds is 7. The monoisotopic (exact) mass is 294 g/mol. The number of hydrogen-bond donors (Lipinski definition) is 1. The van der Waals surface area contributed by atoms with Crippen LogP contribution in [0.15, 0.2) is 18.2 Å². The van der Waals surface area contributed by atoms with Crippen LogP contribution in [-0.2, 0) is 0 Å². The van der Waals surface area contributed by atoms with E-state index >= 15 is 0 Å². The number of ether oxygens (including phenoxy) is 1. The first kappa shape index (κ1) is 14.2. The van der Waals surface area contributed by atoms with Gasteiger partial charge >= 0.3 is 0 Å². The van der Waals surface area contributed by atoms with Gasteiger partial charge in [-0.15, -0.1) is 0 Å². The molecule has 2 aliphatic rings. The Morgan fingerprint density at radius 3 is 2.60 bits per heavy atom. The number of nitrogens with zero attached hydrogens (tertiary/aromatic N) is 1. The average molecular weight is 295 g/mol. The van der Waals surface area contributed by atoms with Crippen LogP contribution in [0, 0.1) is 5.92 Å². The van der Waals surface area contributed by atoms with E-state index in [9.17, 15) is 0 Å². The standard InChI is InChI=1S/C16H23ClN2O/c1-20-16-7-4-12(8-14(16)17)15(9-18)19(13-5-6-13)10-11-2-3-11/h4,7-8,11,13,15H,2-3,5-6,9-10,18H2,1H3. The first-order valence-electron chi connectivity index (χ1n) is 7.52. The summed E-state index contributed by atoms with van der Waals surface area (Å²) < 4.78 is 5.23. The third-order valence-corrected chi connectivity index (χ3v) is 4.66. The highest BCUT2D eigenvalue weighted by Crippen LogP contribution is 2.40. The van der Waals surface area contributed by atoms with Gasteiger partial charge in [0.1, 0.15) is 5.75 Å². The average Bonchev–Trinajstić information content (AvgIpc) is 3.32. The summed E-state index contributed by atoms with van der Waals surface area (Å²) in [6, 6.07) is 7.07. The molecule has 110 valence electrons. The molecule has 2 aliphatic carbocycles. The third kappa shape index (κ3) is 3.11. The summed E-state index contributed by atoms with van der Waals surface area (Å²) >= 11 is 6.26. The minimum absolute atomic E-state index is 0.284. The van der Waals surface area contributed by atoms with Crippen molar-refractivity contribution in [2.75, 3.05) is 20.2 Å². The van der Waals surface area contributed by atoms with Crippen molar-refractivity contribution in [3.05, 3.63) is 28.8 Å². The molecule has 0 heterocycles. The molecule has 20 heavy (non-hydrogen) atoms. The van der Waals surface area contributed by atoms with Crippen molar-refractivity contribution in [3.8, 4) is 5.75 Å². The molecular weight excluding hydrogens is 272 g/mol. The van der Waals surface area contributed by atoms with E-state index in [1.54, 1.807) is 7.11 Å². The first-order chi connectivity index (χ1) is 9.72. The maximum atomic E-state index is 6.26. The van der Waals surface area contributed by atoms with Crippen LogP contribution in [0.4, 0.5) is 0 Å². The zero-order valence-corrected chi connectivity index (χ0v) is 12.8. The van der Waals surface area contributed by atoms with Crippen LogP contribution in [0.5, 0.6) is 5.75 Å². The molecule has 1 unspecified atom stereocenters. The first-order valence-corrected chi connectivity index (χ1v) is 7.90. The van der Waals surface area contributed by atoms with Gasteiger partial charge in [0, 0.05) is 25.2 Å². The molecule has 1 aromatic carbocycles. The predicted molar refractivity (Wildman–Crippen MR) is 82.3 cm³/mol. The molecule has 0 saturated heterocycles. The maximum absolute atomic E-state index is 6.26. The second kappa shape index (κ2) is 5.92. The van der Waals surface area contributed by atoms with Crippen LogP contribution in [0.3, 0.4) is 0 Å². The number of hydrogen-bond acceptors (Lipinski definition) is 3. The van der Waals surface area contributed by atoms with E-state index in [-0.39, 0.29) is 6.04 Å². The fourth-order valence-electron chi connectivity index (χ4n) is 2.89. The summed E-state index contributed by atoms with van der Waals surface area (Å²) in [6.07, 6.45) is 5.38. The van der Waals surface area contributed by atoms with E-state index in [0.717, 1.165) is 17.7 Å². The summed E-state index contributed by atoms with van der Waals surface area (Å²) in [6.45, 7) is 1.84. The lowest BCUT2D eigenvalue weighted by atomic mass is 10.0. The van der Waals surface area contributed by atoms with Gasteiger partial charge in [0.2, 0.25) is 0 Å². The van der Waals surface area contributed by atoms with Gasteiger partial charge in [-0.25, -0.2) is 0 Å². The highest BCUT2D eigenvalue weighted by Gasteiger charge is 2.37. The van der Waals surface area contributed by atoms with E-state index in [4.69, 9.17) is 22.1 Å². The number of methoxy groups -OCH3 is 1. The largest absolute Gasteiger partial charge is 0.495 e. The minimum atomic E-state index is 0.284. The fraction of sp³-hybridized carbons (Fsp3) is 0.625. The Labute approximate surface area is 126 Å². The SMILES string of the molecule is COc1ccc(C(CN)N(CC2CC2)C2CC2)cc1Cl. The van der Waals surface area contributed by atoms with Gasteiger partial charge in [-0.2, -0.15) is 0 Å². The van der Waals surface area contributed by atoms with Gasteiger partial charge in [0.15, 0.2) is 0 Å². The van der Waals surface area contributed by atoms with Crippen molar-refractivity contribution in [2.24, 2.45) is 11.7 Å². The van der Waals surface area contributed by atoms with E-state index in [2.05, 4.69) is 11.0 Å². The zero-order chi connectivity index (χ0) is 14.1. The van der Waals surface area contributed by atoms with Gasteiger partial charge in [-0.3, -0.25) is 4.90 Å². The van der Waals surface area contributed by atoms with Gasteiger partial charge in [0.25, 0.3) is 0 Å². The lowest BCUT2D eigenvalue weighted by molar-refractivity contribution is 0.182. The molecule has 0 aromatic heterocycles. The molecule has 1 aromatic rings. The lowest BCUT2D eigenvalue weighted by Gasteiger charge is -2.31. The molecule has 2 N–H and O–H groups in total. The predicted octanol–water partition coefficient (Wildman–Crippen LogP) is 3.22. The third-order valence-electron chi connectivity index (χ3n) is 4.37. The Bertz CT molecular complexity index is 472. The van der Waals surface area contributed by atoms with Crippen LogP contribution < -0.4 is 10.5 Å². The minimum Gasteiger partial charge on any atom is -0.495 e. The van der Waals surface area contributed by atoms with Gasteiger partial charge < -0.3 is 10.5 Å².